The normalized spacial score (nSPS) is 20.6. The van der Waals surface area contributed by atoms with Gasteiger partial charge in [-0.05, 0) is 50.0 Å². The summed E-state index contributed by atoms with van der Waals surface area (Å²) in [5.41, 5.74) is 1.28. The Balaban J connectivity index is 1.38. The van der Waals surface area contributed by atoms with E-state index in [4.69, 9.17) is 4.74 Å². The Bertz CT molecular complexity index is 556. The number of aliphatic hydroxyl groups excluding tert-OH is 1. The summed E-state index contributed by atoms with van der Waals surface area (Å²) in [6.07, 6.45) is 3.74. The van der Waals surface area contributed by atoms with Crippen molar-refractivity contribution in [3.05, 3.63) is 29.8 Å². The second-order valence-corrected chi connectivity index (χ2v) is 8.34. The smallest absolute Gasteiger partial charge is 0.119 e. The Kier molecular flexibility index (Phi) is 7.94. The Hall–Kier alpha value is -1.14. The Morgan fingerprint density at radius 1 is 1.19 bits per heavy atom. The van der Waals surface area contributed by atoms with Crippen molar-refractivity contribution in [1.82, 2.24) is 14.7 Å². The van der Waals surface area contributed by atoms with Crippen LogP contribution in [0.1, 0.15) is 31.7 Å². The molecule has 152 valence electrons. The number of ether oxygens (including phenoxy) is 1. The first-order valence-electron chi connectivity index (χ1n) is 10.7. The summed E-state index contributed by atoms with van der Waals surface area (Å²) in [6, 6.07) is 8.32. The maximum absolute atomic E-state index is 10.3. The van der Waals surface area contributed by atoms with E-state index in [0.29, 0.717) is 13.2 Å². The molecule has 1 aromatic carbocycles. The summed E-state index contributed by atoms with van der Waals surface area (Å²) < 4.78 is 5.88. The molecular formula is C22H37N3O2. The third-order valence-corrected chi connectivity index (χ3v) is 5.97. The zero-order valence-electron chi connectivity index (χ0n) is 17.1. The highest BCUT2D eigenvalue weighted by Crippen LogP contribution is 2.27. The van der Waals surface area contributed by atoms with Crippen LogP contribution in [0.2, 0.25) is 0 Å². The molecule has 0 aromatic heterocycles. The first-order chi connectivity index (χ1) is 13.1. The Morgan fingerprint density at radius 2 is 1.93 bits per heavy atom. The van der Waals surface area contributed by atoms with E-state index in [-0.39, 0.29) is 0 Å². The van der Waals surface area contributed by atoms with Gasteiger partial charge in [0.1, 0.15) is 18.5 Å². The van der Waals surface area contributed by atoms with Gasteiger partial charge in [-0.25, -0.2) is 0 Å². The summed E-state index contributed by atoms with van der Waals surface area (Å²) in [5.74, 6) is 1.75. The van der Waals surface area contributed by atoms with Crippen LogP contribution in [0, 0.1) is 5.92 Å². The van der Waals surface area contributed by atoms with E-state index in [1.807, 2.05) is 6.07 Å². The highest BCUT2D eigenvalue weighted by Gasteiger charge is 2.20. The number of hydrogen-bond donors (Lipinski definition) is 1. The molecule has 1 aromatic rings. The zero-order valence-corrected chi connectivity index (χ0v) is 17.1. The lowest BCUT2D eigenvalue weighted by Crippen LogP contribution is -2.49. The topological polar surface area (TPSA) is 39.2 Å². The van der Waals surface area contributed by atoms with Gasteiger partial charge in [-0.2, -0.15) is 0 Å². The van der Waals surface area contributed by atoms with Gasteiger partial charge in [0.15, 0.2) is 0 Å². The molecule has 2 aliphatic rings. The molecule has 0 radical (unpaired) electrons. The van der Waals surface area contributed by atoms with E-state index in [1.165, 1.54) is 31.4 Å². The molecule has 1 aliphatic heterocycles. The lowest BCUT2D eigenvalue weighted by Gasteiger charge is -2.34. The fourth-order valence-electron chi connectivity index (χ4n) is 4.06. The van der Waals surface area contributed by atoms with Crippen LogP contribution in [0.15, 0.2) is 24.3 Å². The highest BCUT2D eigenvalue weighted by atomic mass is 16.5. The first kappa shape index (κ1) is 20.6. The summed E-state index contributed by atoms with van der Waals surface area (Å²) in [7, 11) is 2.20. The van der Waals surface area contributed by atoms with Gasteiger partial charge in [0.2, 0.25) is 0 Å². The molecule has 1 saturated heterocycles. The number of benzene rings is 1. The van der Waals surface area contributed by atoms with Crippen LogP contribution in [0.25, 0.3) is 0 Å². The van der Waals surface area contributed by atoms with Crippen LogP contribution in [0.4, 0.5) is 0 Å². The van der Waals surface area contributed by atoms with Crippen molar-refractivity contribution in [1.29, 1.82) is 0 Å². The molecule has 3 rings (SSSR count). The average molecular weight is 376 g/mol. The van der Waals surface area contributed by atoms with Gasteiger partial charge >= 0.3 is 0 Å². The minimum absolute atomic E-state index is 0.357. The molecule has 2 fully saturated rings. The van der Waals surface area contributed by atoms with Gasteiger partial charge in [-0.15, -0.1) is 0 Å². The third kappa shape index (κ3) is 6.75. The molecular weight excluding hydrogens is 338 g/mol. The standard InChI is InChI=1S/C22H37N3O2/c1-3-24-10-12-25(13-11-24)17-21(26)18-27-22-9-5-8-20(14-22)16-23(2)15-19-6-4-7-19/h5,8-9,14,19,21,26H,3-4,6-7,10-13,15-18H2,1-2H3/t21-/m1/s1. The molecule has 1 aliphatic carbocycles. The lowest BCUT2D eigenvalue weighted by molar-refractivity contribution is 0.0470. The third-order valence-electron chi connectivity index (χ3n) is 5.97. The molecule has 1 saturated carbocycles. The van der Waals surface area contributed by atoms with Crippen LogP contribution in [0.5, 0.6) is 5.75 Å². The molecule has 0 spiro atoms. The highest BCUT2D eigenvalue weighted by molar-refractivity contribution is 5.28. The number of β-amino-alcohol motifs (C(OH)–C–C–N with tert-alkyl or cyclic N) is 1. The van der Waals surface area contributed by atoms with Crippen LogP contribution in [0.3, 0.4) is 0 Å². The number of piperazine rings is 1. The summed E-state index contributed by atoms with van der Waals surface area (Å²) in [4.78, 5) is 7.20. The summed E-state index contributed by atoms with van der Waals surface area (Å²) >= 11 is 0. The number of nitrogens with zero attached hydrogens (tertiary/aromatic N) is 3. The number of hydrogen-bond acceptors (Lipinski definition) is 5. The van der Waals surface area contributed by atoms with Crippen molar-refractivity contribution in [2.75, 3.05) is 59.5 Å². The van der Waals surface area contributed by atoms with E-state index in [9.17, 15) is 5.11 Å². The number of aliphatic hydroxyl groups is 1. The van der Waals surface area contributed by atoms with Gasteiger partial charge in [-0.1, -0.05) is 25.5 Å². The summed E-state index contributed by atoms with van der Waals surface area (Å²) in [5, 5.41) is 10.3. The average Bonchev–Trinajstić information content (AvgIpc) is 2.64. The molecule has 0 bridgehead atoms. The maximum atomic E-state index is 10.3. The first-order valence-corrected chi connectivity index (χ1v) is 10.7. The van der Waals surface area contributed by atoms with Gasteiger partial charge in [-0.3, -0.25) is 4.90 Å². The monoisotopic (exact) mass is 375 g/mol. The minimum Gasteiger partial charge on any atom is -0.491 e. The maximum Gasteiger partial charge on any atom is 0.119 e. The fraction of sp³-hybridized carbons (Fsp3) is 0.727. The van der Waals surface area contributed by atoms with Crippen molar-refractivity contribution in [3.8, 4) is 5.75 Å². The van der Waals surface area contributed by atoms with Gasteiger partial charge < -0.3 is 19.6 Å². The Morgan fingerprint density at radius 3 is 2.59 bits per heavy atom. The van der Waals surface area contributed by atoms with E-state index in [0.717, 1.165) is 50.9 Å². The Labute approximate surface area is 164 Å². The number of rotatable bonds is 10. The van der Waals surface area contributed by atoms with Crippen molar-refractivity contribution in [2.24, 2.45) is 5.92 Å². The van der Waals surface area contributed by atoms with E-state index < -0.39 is 6.10 Å². The van der Waals surface area contributed by atoms with Crippen molar-refractivity contribution < 1.29 is 9.84 Å². The fourth-order valence-corrected chi connectivity index (χ4v) is 4.06. The molecule has 0 unspecified atom stereocenters. The van der Waals surface area contributed by atoms with Crippen molar-refractivity contribution >= 4 is 0 Å². The molecule has 27 heavy (non-hydrogen) atoms. The second-order valence-electron chi connectivity index (χ2n) is 8.34. The van der Waals surface area contributed by atoms with E-state index in [2.05, 4.69) is 46.9 Å². The molecule has 1 N–H and O–H groups in total. The van der Waals surface area contributed by atoms with Gasteiger partial charge in [0.05, 0.1) is 0 Å². The van der Waals surface area contributed by atoms with E-state index >= 15 is 0 Å². The van der Waals surface area contributed by atoms with Crippen molar-refractivity contribution in [3.63, 3.8) is 0 Å². The summed E-state index contributed by atoms with van der Waals surface area (Å²) in [6.45, 7) is 10.8. The van der Waals surface area contributed by atoms with Gasteiger partial charge in [0, 0.05) is 45.8 Å². The largest absolute Gasteiger partial charge is 0.491 e. The number of likely N-dealkylation sites (N-methyl/N-ethyl adjacent to an activating group) is 1. The molecule has 1 atom stereocenters. The van der Waals surface area contributed by atoms with Crippen LogP contribution in [-0.2, 0) is 6.54 Å². The van der Waals surface area contributed by atoms with Gasteiger partial charge in [0.25, 0.3) is 0 Å². The molecule has 1 heterocycles. The van der Waals surface area contributed by atoms with Crippen LogP contribution in [-0.4, -0.2) is 85.4 Å². The molecule has 5 nitrogen and oxygen atoms in total. The molecule has 0 amide bonds. The minimum atomic E-state index is -0.442. The SMILES string of the molecule is CCN1CCN(C[C@@H](O)COc2cccc(CN(C)CC3CCC3)c2)CC1. The second kappa shape index (κ2) is 10.4. The predicted octanol–water partition coefficient (Wildman–Crippen LogP) is 2.30. The lowest BCUT2D eigenvalue weighted by atomic mass is 9.85. The predicted molar refractivity (Wildman–Crippen MR) is 110 cm³/mol. The van der Waals surface area contributed by atoms with E-state index in [1.54, 1.807) is 0 Å². The zero-order chi connectivity index (χ0) is 19.1. The molecule has 5 heteroatoms. The quantitative estimate of drug-likeness (QED) is 0.679. The van der Waals surface area contributed by atoms with Crippen molar-refractivity contribution in [2.45, 2.75) is 38.8 Å². The van der Waals surface area contributed by atoms with Crippen LogP contribution < -0.4 is 4.74 Å². The van der Waals surface area contributed by atoms with Crippen LogP contribution >= 0.6 is 0 Å².